The van der Waals surface area contributed by atoms with Crippen molar-refractivity contribution in [2.24, 2.45) is 0 Å². The maximum Gasteiger partial charge on any atom is 0.339 e. The third kappa shape index (κ3) is 1.66. The molecule has 82 valence electrons. The van der Waals surface area contributed by atoms with Crippen LogP contribution in [0.5, 0.6) is 0 Å². The van der Waals surface area contributed by atoms with Crippen LogP contribution in [0.3, 0.4) is 0 Å². The Labute approximate surface area is 89.1 Å². The average Bonchev–Trinajstić information content (AvgIpc) is 2.75. The Morgan fingerprint density at radius 3 is 2.47 bits per heavy atom. The van der Waals surface area contributed by atoms with Gasteiger partial charge >= 0.3 is 5.97 Å². The van der Waals surface area contributed by atoms with Gasteiger partial charge in [-0.1, -0.05) is 12.8 Å². The zero-order valence-electron chi connectivity index (χ0n) is 9.17. The van der Waals surface area contributed by atoms with Crippen LogP contribution < -0.4 is 0 Å². The van der Waals surface area contributed by atoms with E-state index in [1.807, 2.05) is 13.8 Å². The van der Waals surface area contributed by atoms with Gasteiger partial charge in [0.1, 0.15) is 17.1 Å². The summed E-state index contributed by atoms with van der Waals surface area (Å²) in [6.45, 7) is 3.65. The van der Waals surface area contributed by atoms with Crippen molar-refractivity contribution in [3.8, 4) is 0 Å². The normalized spacial score (nSPS) is 17.2. The minimum absolute atomic E-state index is 0.323. The van der Waals surface area contributed by atoms with Gasteiger partial charge in [-0.3, -0.25) is 0 Å². The van der Waals surface area contributed by atoms with Gasteiger partial charge in [-0.05, 0) is 26.7 Å². The fourth-order valence-electron chi connectivity index (χ4n) is 2.39. The average molecular weight is 208 g/mol. The molecule has 0 bridgehead atoms. The van der Waals surface area contributed by atoms with Gasteiger partial charge in [0.05, 0.1) is 0 Å². The first-order valence-corrected chi connectivity index (χ1v) is 5.44. The van der Waals surface area contributed by atoms with Crippen molar-refractivity contribution in [3.05, 3.63) is 22.6 Å². The van der Waals surface area contributed by atoms with Crippen LogP contribution in [0.2, 0.25) is 0 Å². The highest BCUT2D eigenvalue weighted by atomic mass is 16.4. The molecule has 0 unspecified atom stereocenters. The van der Waals surface area contributed by atoms with Crippen LogP contribution in [0.15, 0.2) is 4.42 Å². The van der Waals surface area contributed by atoms with Crippen LogP contribution in [0.1, 0.15) is 59.0 Å². The van der Waals surface area contributed by atoms with E-state index in [0.717, 1.165) is 24.2 Å². The predicted molar refractivity (Wildman–Crippen MR) is 56.4 cm³/mol. The lowest BCUT2D eigenvalue weighted by atomic mass is 9.99. The molecule has 0 radical (unpaired) electrons. The molecular weight excluding hydrogens is 192 g/mol. The molecule has 0 aromatic carbocycles. The second kappa shape index (κ2) is 3.72. The summed E-state index contributed by atoms with van der Waals surface area (Å²) in [6.07, 6.45) is 4.49. The summed E-state index contributed by atoms with van der Waals surface area (Å²) in [5, 5.41) is 9.16. The Bertz CT molecular complexity index is 384. The van der Waals surface area contributed by atoms with Crippen LogP contribution in [-0.2, 0) is 0 Å². The molecule has 1 aliphatic carbocycles. The summed E-state index contributed by atoms with van der Waals surface area (Å²) in [6, 6.07) is 0. The highest BCUT2D eigenvalue weighted by Gasteiger charge is 2.28. The third-order valence-corrected chi connectivity index (χ3v) is 3.35. The lowest BCUT2D eigenvalue weighted by Crippen LogP contribution is -2.03. The predicted octanol–water partition coefficient (Wildman–Crippen LogP) is 3.25. The minimum atomic E-state index is -0.855. The minimum Gasteiger partial charge on any atom is -0.478 e. The molecule has 0 spiro atoms. The van der Waals surface area contributed by atoms with Gasteiger partial charge in [0.15, 0.2) is 0 Å². The molecule has 0 saturated heterocycles. The summed E-state index contributed by atoms with van der Waals surface area (Å²) in [5.41, 5.74) is 1.18. The zero-order chi connectivity index (χ0) is 11.0. The Balaban J connectivity index is 2.45. The van der Waals surface area contributed by atoms with Crippen molar-refractivity contribution in [2.45, 2.75) is 45.4 Å². The van der Waals surface area contributed by atoms with Crippen molar-refractivity contribution in [2.75, 3.05) is 0 Å². The number of aromatic carboxylic acids is 1. The Hall–Kier alpha value is -1.25. The molecule has 1 fully saturated rings. The molecule has 15 heavy (non-hydrogen) atoms. The topological polar surface area (TPSA) is 50.4 Å². The molecule has 1 N–H and O–H groups in total. The first-order valence-electron chi connectivity index (χ1n) is 5.44. The summed E-state index contributed by atoms with van der Waals surface area (Å²) in [4.78, 5) is 11.2. The molecule has 2 rings (SSSR count). The Kier molecular flexibility index (Phi) is 2.55. The van der Waals surface area contributed by atoms with Crippen molar-refractivity contribution >= 4 is 5.97 Å². The van der Waals surface area contributed by atoms with Gasteiger partial charge in [-0.25, -0.2) is 4.79 Å². The highest BCUT2D eigenvalue weighted by Crippen LogP contribution is 2.38. The van der Waals surface area contributed by atoms with Crippen molar-refractivity contribution in [3.63, 3.8) is 0 Å². The van der Waals surface area contributed by atoms with Gasteiger partial charge < -0.3 is 9.52 Å². The van der Waals surface area contributed by atoms with Crippen LogP contribution >= 0.6 is 0 Å². The smallest absolute Gasteiger partial charge is 0.339 e. The molecule has 3 nitrogen and oxygen atoms in total. The van der Waals surface area contributed by atoms with Crippen molar-refractivity contribution < 1.29 is 14.3 Å². The third-order valence-electron chi connectivity index (χ3n) is 3.35. The number of hydrogen-bond donors (Lipinski definition) is 1. The van der Waals surface area contributed by atoms with E-state index in [2.05, 4.69) is 0 Å². The van der Waals surface area contributed by atoms with E-state index < -0.39 is 5.97 Å². The molecule has 0 aliphatic heterocycles. The van der Waals surface area contributed by atoms with Crippen LogP contribution in [0.25, 0.3) is 0 Å². The Morgan fingerprint density at radius 1 is 1.33 bits per heavy atom. The highest BCUT2D eigenvalue weighted by molar-refractivity contribution is 5.91. The summed E-state index contributed by atoms with van der Waals surface area (Å²) in [7, 11) is 0. The standard InChI is InChI=1S/C12H16O3/c1-7-8(2)15-11(10(7)12(13)14)9-5-3-4-6-9/h9H,3-6H2,1-2H3,(H,13,14). The fourth-order valence-corrected chi connectivity index (χ4v) is 2.39. The van der Waals surface area contributed by atoms with E-state index in [1.165, 1.54) is 12.8 Å². The lowest BCUT2D eigenvalue weighted by molar-refractivity contribution is 0.0693. The van der Waals surface area contributed by atoms with Crippen molar-refractivity contribution in [1.82, 2.24) is 0 Å². The van der Waals surface area contributed by atoms with Gasteiger partial charge in [0.25, 0.3) is 0 Å². The maximum absolute atomic E-state index is 11.2. The van der Waals surface area contributed by atoms with Gasteiger partial charge in [0.2, 0.25) is 0 Å². The largest absolute Gasteiger partial charge is 0.478 e. The molecule has 0 amide bonds. The van der Waals surface area contributed by atoms with E-state index in [-0.39, 0.29) is 0 Å². The number of aryl methyl sites for hydroxylation is 1. The van der Waals surface area contributed by atoms with E-state index in [9.17, 15) is 4.79 Å². The molecule has 1 aliphatic rings. The van der Waals surface area contributed by atoms with Crippen LogP contribution in [0.4, 0.5) is 0 Å². The van der Waals surface area contributed by atoms with E-state index in [1.54, 1.807) is 0 Å². The molecular formula is C12H16O3. The monoisotopic (exact) mass is 208 g/mol. The quantitative estimate of drug-likeness (QED) is 0.811. The van der Waals surface area contributed by atoms with Gasteiger partial charge in [-0.2, -0.15) is 0 Å². The number of hydrogen-bond acceptors (Lipinski definition) is 2. The number of carboxylic acid groups (broad SMARTS) is 1. The second-order valence-electron chi connectivity index (χ2n) is 4.31. The Morgan fingerprint density at radius 2 is 1.93 bits per heavy atom. The maximum atomic E-state index is 11.2. The number of carbonyl (C=O) groups is 1. The molecule has 1 aromatic heterocycles. The first-order chi connectivity index (χ1) is 7.11. The van der Waals surface area contributed by atoms with Crippen molar-refractivity contribution in [1.29, 1.82) is 0 Å². The summed E-state index contributed by atoms with van der Waals surface area (Å²) >= 11 is 0. The molecule has 3 heteroatoms. The van der Waals surface area contributed by atoms with E-state index >= 15 is 0 Å². The molecule has 1 saturated carbocycles. The molecule has 1 heterocycles. The van der Waals surface area contributed by atoms with Gasteiger partial charge in [-0.15, -0.1) is 0 Å². The van der Waals surface area contributed by atoms with E-state index in [0.29, 0.717) is 17.2 Å². The SMILES string of the molecule is Cc1oc(C2CCCC2)c(C(=O)O)c1C. The lowest BCUT2D eigenvalue weighted by Gasteiger charge is -2.06. The number of furan rings is 1. The zero-order valence-corrected chi connectivity index (χ0v) is 9.17. The number of rotatable bonds is 2. The van der Waals surface area contributed by atoms with Crippen LogP contribution in [-0.4, -0.2) is 11.1 Å². The van der Waals surface area contributed by atoms with E-state index in [4.69, 9.17) is 9.52 Å². The fraction of sp³-hybridized carbons (Fsp3) is 0.583. The summed E-state index contributed by atoms with van der Waals surface area (Å²) in [5.74, 6) is 0.916. The molecule has 1 aromatic rings. The van der Waals surface area contributed by atoms with Crippen LogP contribution in [0, 0.1) is 13.8 Å². The first kappa shape index (κ1) is 10.3. The molecule has 0 atom stereocenters. The second-order valence-corrected chi connectivity index (χ2v) is 4.31. The van der Waals surface area contributed by atoms with Gasteiger partial charge in [0, 0.05) is 11.5 Å². The number of carboxylic acids is 1. The summed E-state index contributed by atoms with van der Waals surface area (Å²) < 4.78 is 5.61.